The summed E-state index contributed by atoms with van der Waals surface area (Å²) >= 11 is 5.77. The van der Waals surface area contributed by atoms with Gasteiger partial charge in [0.25, 0.3) is 5.91 Å². The number of amides is 1. The molecule has 1 heterocycles. The molecular formula is C12H15ClN2O3. The zero-order valence-corrected chi connectivity index (χ0v) is 10.8. The summed E-state index contributed by atoms with van der Waals surface area (Å²) in [5.74, 6) is -1.56. The van der Waals surface area contributed by atoms with Crippen molar-refractivity contribution >= 4 is 23.5 Å². The fourth-order valence-electron chi connectivity index (χ4n) is 1.46. The van der Waals surface area contributed by atoms with Gasteiger partial charge in [0.05, 0.1) is 5.56 Å². The van der Waals surface area contributed by atoms with Crippen LogP contribution in [0.25, 0.3) is 0 Å². The number of unbranched alkanes of at least 4 members (excludes halogenated alkanes) is 1. The van der Waals surface area contributed by atoms with Gasteiger partial charge < -0.3 is 10.4 Å². The summed E-state index contributed by atoms with van der Waals surface area (Å²) in [5.41, 5.74) is 0.182. The fourth-order valence-corrected chi connectivity index (χ4v) is 1.66. The highest BCUT2D eigenvalue weighted by Crippen LogP contribution is 2.12. The molecule has 1 aromatic heterocycles. The summed E-state index contributed by atoms with van der Waals surface area (Å²) in [5, 5.41) is 11.5. The normalized spacial score (nSPS) is 11.9. The van der Waals surface area contributed by atoms with Crippen LogP contribution in [0.5, 0.6) is 0 Å². The van der Waals surface area contributed by atoms with Gasteiger partial charge in [-0.15, -0.1) is 0 Å². The van der Waals surface area contributed by atoms with E-state index >= 15 is 0 Å². The number of carbonyl (C=O) groups is 2. The molecule has 0 aliphatic rings. The Bertz CT molecular complexity index is 437. The molecule has 1 rings (SSSR count). The molecule has 0 fully saturated rings. The molecule has 18 heavy (non-hydrogen) atoms. The van der Waals surface area contributed by atoms with Crippen molar-refractivity contribution in [3.63, 3.8) is 0 Å². The maximum Gasteiger partial charge on any atom is 0.326 e. The average Bonchev–Trinajstić information content (AvgIpc) is 2.34. The van der Waals surface area contributed by atoms with Crippen molar-refractivity contribution in [3.8, 4) is 0 Å². The van der Waals surface area contributed by atoms with Crippen LogP contribution in [0.15, 0.2) is 18.3 Å². The predicted molar refractivity (Wildman–Crippen MR) is 67.7 cm³/mol. The van der Waals surface area contributed by atoms with Crippen molar-refractivity contribution in [2.45, 2.75) is 32.2 Å². The van der Waals surface area contributed by atoms with Gasteiger partial charge in [-0.05, 0) is 18.6 Å². The standard InChI is InChI=1S/C12H15ClN2O3/c1-2-3-6-9(12(17)18)15-11(16)8-5-4-7-14-10(8)13/h4-5,7,9H,2-3,6H2,1H3,(H,15,16)(H,17,18)/t9-/m0/s1. The minimum Gasteiger partial charge on any atom is -0.480 e. The lowest BCUT2D eigenvalue weighted by Crippen LogP contribution is -2.40. The zero-order valence-electron chi connectivity index (χ0n) is 10.0. The zero-order chi connectivity index (χ0) is 13.5. The third-order valence-corrected chi connectivity index (χ3v) is 2.75. The van der Waals surface area contributed by atoms with Crippen LogP contribution in [0.3, 0.4) is 0 Å². The van der Waals surface area contributed by atoms with Gasteiger partial charge in [-0.1, -0.05) is 31.4 Å². The van der Waals surface area contributed by atoms with E-state index in [1.54, 1.807) is 6.07 Å². The topological polar surface area (TPSA) is 79.3 Å². The molecule has 1 atom stereocenters. The highest BCUT2D eigenvalue weighted by Gasteiger charge is 2.21. The number of rotatable bonds is 6. The molecule has 1 aromatic rings. The first-order valence-electron chi connectivity index (χ1n) is 5.70. The molecule has 0 saturated heterocycles. The van der Waals surface area contributed by atoms with Crippen LogP contribution in [0, 0.1) is 0 Å². The van der Waals surface area contributed by atoms with Gasteiger partial charge in [-0.25, -0.2) is 9.78 Å². The second kappa shape index (κ2) is 6.96. The van der Waals surface area contributed by atoms with Crippen molar-refractivity contribution in [2.24, 2.45) is 0 Å². The number of carboxylic acids is 1. The maximum atomic E-state index is 11.8. The van der Waals surface area contributed by atoms with Crippen LogP contribution in [-0.4, -0.2) is 28.0 Å². The Labute approximate surface area is 110 Å². The van der Waals surface area contributed by atoms with E-state index in [0.717, 1.165) is 12.8 Å². The second-order valence-corrected chi connectivity index (χ2v) is 4.21. The van der Waals surface area contributed by atoms with E-state index in [1.807, 2.05) is 6.92 Å². The predicted octanol–water partition coefficient (Wildman–Crippen LogP) is 2.11. The van der Waals surface area contributed by atoms with Crippen molar-refractivity contribution in [1.82, 2.24) is 10.3 Å². The number of carboxylic acid groups (broad SMARTS) is 1. The Hall–Kier alpha value is -1.62. The van der Waals surface area contributed by atoms with E-state index in [1.165, 1.54) is 12.3 Å². The molecule has 0 saturated carbocycles. The monoisotopic (exact) mass is 270 g/mol. The van der Waals surface area contributed by atoms with Crippen molar-refractivity contribution in [3.05, 3.63) is 29.0 Å². The Morgan fingerprint density at radius 1 is 1.56 bits per heavy atom. The second-order valence-electron chi connectivity index (χ2n) is 3.85. The Morgan fingerprint density at radius 2 is 2.28 bits per heavy atom. The third-order valence-electron chi connectivity index (χ3n) is 2.45. The van der Waals surface area contributed by atoms with Crippen LogP contribution in [0.1, 0.15) is 36.5 Å². The summed E-state index contributed by atoms with van der Waals surface area (Å²) < 4.78 is 0. The van der Waals surface area contributed by atoms with Crippen LogP contribution in [0.2, 0.25) is 5.15 Å². The number of halogens is 1. The Kier molecular flexibility index (Phi) is 5.58. The molecule has 0 aromatic carbocycles. The number of nitrogens with one attached hydrogen (secondary N) is 1. The van der Waals surface area contributed by atoms with E-state index in [4.69, 9.17) is 16.7 Å². The number of nitrogens with zero attached hydrogens (tertiary/aromatic N) is 1. The Morgan fingerprint density at radius 3 is 2.83 bits per heavy atom. The van der Waals surface area contributed by atoms with E-state index < -0.39 is 17.9 Å². The molecule has 0 bridgehead atoms. The lowest BCUT2D eigenvalue weighted by molar-refractivity contribution is -0.139. The fraction of sp³-hybridized carbons (Fsp3) is 0.417. The first-order valence-corrected chi connectivity index (χ1v) is 6.08. The minimum atomic E-state index is -1.04. The van der Waals surface area contributed by atoms with Gasteiger partial charge in [0, 0.05) is 6.20 Å². The van der Waals surface area contributed by atoms with Crippen LogP contribution in [0.4, 0.5) is 0 Å². The van der Waals surface area contributed by atoms with Gasteiger partial charge in [0.2, 0.25) is 0 Å². The van der Waals surface area contributed by atoms with Gasteiger partial charge in [0.15, 0.2) is 0 Å². The number of pyridine rings is 1. The molecule has 0 spiro atoms. The molecule has 6 heteroatoms. The molecule has 1 amide bonds. The third kappa shape index (κ3) is 4.00. The van der Waals surface area contributed by atoms with E-state index in [2.05, 4.69) is 10.3 Å². The van der Waals surface area contributed by atoms with Gasteiger partial charge in [-0.2, -0.15) is 0 Å². The first-order chi connectivity index (χ1) is 8.56. The van der Waals surface area contributed by atoms with E-state index in [0.29, 0.717) is 6.42 Å². The summed E-state index contributed by atoms with van der Waals surface area (Å²) in [7, 11) is 0. The molecule has 2 N–H and O–H groups in total. The highest BCUT2D eigenvalue weighted by atomic mass is 35.5. The number of carbonyl (C=O) groups excluding carboxylic acids is 1. The quantitative estimate of drug-likeness (QED) is 0.776. The summed E-state index contributed by atoms with van der Waals surface area (Å²) in [4.78, 5) is 26.6. The Balaban J connectivity index is 2.72. The lowest BCUT2D eigenvalue weighted by Gasteiger charge is -2.14. The summed E-state index contributed by atoms with van der Waals surface area (Å²) in [6.07, 6.45) is 3.46. The van der Waals surface area contributed by atoms with Gasteiger partial charge >= 0.3 is 5.97 Å². The maximum absolute atomic E-state index is 11.8. The smallest absolute Gasteiger partial charge is 0.326 e. The van der Waals surface area contributed by atoms with Crippen molar-refractivity contribution in [2.75, 3.05) is 0 Å². The number of hydrogen-bond donors (Lipinski definition) is 2. The van der Waals surface area contributed by atoms with Crippen LogP contribution in [-0.2, 0) is 4.79 Å². The number of aliphatic carboxylic acids is 1. The molecule has 0 aliphatic heterocycles. The number of hydrogen-bond acceptors (Lipinski definition) is 3. The van der Waals surface area contributed by atoms with Crippen LogP contribution < -0.4 is 5.32 Å². The summed E-state index contributed by atoms with van der Waals surface area (Å²) in [6, 6.07) is 2.18. The highest BCUT2D eigenvalue weighted by molar-refractivity contribution is 6.32. The molecule has 0 unspecified atom stereocenters. The largest absolute Gasteiger partial charge is 0.480 e. The molecule has 0 aliphatic carbocycles. The average molecular weight is 271 g/mol. The minimum absolute atomic E-state index is 0.0645. The SMILES string of the molecule is CCCC[C@H](NC(=O)c1cccnc1Cl)C(=O)O. The molecule has 0 radical (unpaired) electrons. The van der Waals surface area contributed by atoms with Gasteiger partial charge in [0.1, 0.15) is 11.2 Å². The van der Waals surface area contributed by atoms with E-state index in [-0.39, 0.29) is 10.7 Å². The van der Waals surface area contributed by atoms with Crippen molar-refractivity contribution in [1.29, 1.82) is 0 Å². The summed E-state index contributed by atoms with van der Waals surface area (Å²) in [6.45, 7) is 1.96. The van der Waals surface area contributed by atoms with Crippen LogP contribution >= 0.6 is 11.6 Å². The molecular weight excluding hydrogens is 256 g/mol. The van der Waals surface area contributed by atoms with Gasteiger partial charge in [-0.3, -0.25) is 4.79 Å². The molecule has 5 nitrogen and oxygen atoms in total. The first kappa shape index (κ1) is 14.4. The van der Waals surface area contributed by atoms with E-state index in [9.17, 15) is 9.59 Å². The number of aromatic nitrogens is 1. The molecule has 98 valence electrons. The lowest BCUT2D eigenvalue weighted by atomic mass is 10.1. The van der Waals surface area contributed by atoms with Crippen molar-refractivity contribution < 1.29 is 14.7 Å².